The molecule has 0 aliphatic rings. The van der Waals surface area contributed by atoms with Gasteiger partial charge in [0.25, 0.3) is 5.91 Å². The van der Waals surface area contributed by atoms with Crippen molar-refractivity contribution in [1.82, 2.24) is 5.73 Å². The van der Waals surface area contributed by atoms with E-state index in [4.69, 9.17) is 28.9 Å². The van der Waals surface area contributed by atoms with Gasteiger partial charge in [-0.25, -0.2) is 0 Å². The van der Waals surface area contributed by atoms with Crippen LogP contribution in [-0.4, -0.2) is 5.91 Å². The lowest BCUT2D eigenvalue weighted by molar-refractivity contribution is 0.0992. The first-order valence-electron chi connectivity index (χ1n) is 2.82. The molecule has 0 spiro atoms. The largest absolute Gasteiger partial charge is 0.271 e. The lowest BCUT2D eigenvalue weighted by Crippen LogP contribution is -1.99. The Bertz CT molecular complexity index is 298. The summed E-state index contributed by atoms with van der Waals surface area (Å²) < 4.78 is 0. The molecule has 2 nitrogen and oxygen atoms in total. The molecular weight excluding hydrogens is 185 g/mol. The van der Waals surface area contributed by atoms with E-state index in [0.717, 1.165) is 0 Å². The Morgan fingerprint density at radius 1 is 1.36 bits per heavy atom. The fourth-order valence-electron chi connectivity index (χ4n) is 0.672. The molecule has 0 atom stereocenters. The molecule has 0 heterocycles. The number of hydrogen-bond acceptors (Lipinski definition) is 1. The highest BCUT2D eigenvalue weighted by molar-refractivity contribution is 6.35. The Labute approximate surface area is 73.9 Å². The Morgan fingerprint density at radius 2 is 2.00 bits per heavy atom. The predicted octanol–water partition coefficient (Wildman–Crippen LogP) is 2.42. The van der Waals surface area contributed by atoms with Gasteiger partial charge in [0.05, 0.1) is 10.6 Å². The van der Waals surface area contributed by atoms with Crippen molar-refractivity contribution >= 4 is 29.1 Å². The topological polar surface area (TPSA) is 40.9 Å². The summed E-state index contributed by atoms with van der Waals surface area (Å²) in [5, 5.41) is 0.666. The Balaban J connectivity index is 3.23. The number of benzene rings is 1. The average Bonchev–Trinajstić information content (AvgIpc) is 1.94. The lowest BCUT2D eigenvalue weighted by atomic mass is 10.2. The molecule has 0 bridgehead atoms. The molecule has 1 aromatic rings. The van der Waals surface area contributed by atoms with Crippen LogP contribution in [0.15, 0.2) is 18.2 Å². The van der Waals surface area contributed by atoms with E-state index in [1.807, 2.05) is 0 Å². The van der Waals surface area contributed by atoms with E-state index >= 15 is 0 Å². The molecule has 0 saturated carbocycles. The second-order valence-corrected chi connectivity index (χ2v) is 2.80. The van der Waals surface area contributed by atoms with Crippen LogP contribution in [0.4, 0.5) is 0 Å². The average molecular weight is 189 g/mol. The van der Waals surface area contributed by atoms with E-state index < -0.39 is 5.91 Å². The van der Waals surface area contributed by atoms with E-state index in [2.05, 4.69) is 0 Å². The molecule has 0 aliphatic carbocycles. The first-order chi connectivity index (χ1) is 5.11. The van der Waals surface area contributed by atoms with Crippen LogP contribution >= 0.6 is 23.2 Å². The number of hydrogen-bond donors (Lipinski definition) is 0. The van der Waals surface area contributed by atoms with Gasteiger partial charge in [0.15, 0.2) is 0 Å². The van der Waals surface area contributed by atoms with Gasteiger partial charge in [-0.15, -0.1) is 0 Å². The fourth-order valence-corrected chi connectivity index (χ4v) is 1.05. The molecule has 1 N–H and O–H groups in total. The summed E-state index contributed by atoms with van der Waals surface area (Å²) in [6, 6.07) is 4.43. The van der Waals surface area contributed by atoms with Gasteiger partial charge in [-0.2, -0.15) is 0 Å². The minimum atomic E-state index is -0.822. The second kappa shape index (κ2) is 3.11. The second-order valence-electron chi connectivity index (χ2n) is 1.95. The first-order valence-corrected chi connectivity index (χ1v) is 3.58. The minimum absolute atomic E-state index is 0.138. The molecule has 0 aromatic heterocycles. The molecule has 1 amide bonds. The highest BCUT2D eigenvalue weighted by Crippen LogP contribution is 2.19. The molecule has 0 fully saturated rings. The number of carbonyl (C=O) groups excluding carboxylic acids is 1. The lowest BCUT2D eigenvalue weighted by Gasteiger charge is -1.97. The van der Waals surface area contributed by atoms with Crippen LogP contribution in [0.5, 0.6) is 0 Å². The van der Waals surface area contributed by atoms with Gasteiger partial charge in [-0.3, -0.25) is 10.5 Å². The zero-order chi connectivity index (χ0) is 8.43. The highest BCUT2D eigenvalue weighted by Gasteiger charge is 2.06. The molecule has 4 heteroatoms. The van der Waals surface area contributed by atoms with E-state index in [9.17, 15) is 4.79 Å². The first kappa shape index (κ1) is 8.37. The molecule has 1 aromatic carbocycles. The van der Waals surface area contributed by atoms with E-state index in [-0.39, 0.29) is 10.6 Å². The van der Waals surface area contributed by atoms with Crippen LogP contribution in [-0.2, 0) is 0 Å². The molecule has 0 unspecified atom stereocenters. The van der Waals surface area contributed by atoms with Crippen molar-refractivity contribution in [3.8, 4) is 0 Å². The third-order valence-electron chi connectivity index (χ3n) is 1.17. The SMILES string of the molecule is [NH]C(=O)c1cc(Cl)ccc1Cl. The predicted molar refractivity (Wildman–Crippen MR) is 43.9 cm³/mol. The van der Waals surface area contributed by atoms with Crippen molar-refractivity contribution in [3.05, 3.63) is 33.8 Å². The molecule has 11 heavy (non-hydrogen) atoms. The van der Waals surface area contributed by atoms with Crippen LogP contribution in [0.1, 0.15) is 10.4 Å². The quantitative estimate of drug-likeness (QED) is 0.668. The van der Waals surface area contributed by atoms with Gasteiger partial charge in [0, 0.05) is 5.02 Å². The van der Waals surface area contributed by atoms with Crippen LogP contribution in [0.2, 0.25) is 10.0 Å². The fraction of sp³-hybridized carbons (Fsp3) is 0. The number of halogens is 2. The van der Waals surface area contributed by atoms with Crippen molar-refractivity contribution in [2.45, 2.75) is 0 Å². The molecule has 0 aliphatic heterocycles. The Hall–Kier alpha value is -0.730. The monoisotopic (exact) mass is 188 g/mol. The number of nitrogens with one attached hydrogen (secondary N) is 1. The van der Waals surface area contributed by atoms with Crippen molar-refractivity contribution in [2.75, 3.05) is 0 Å². The van der Waals surface area contributed by atoms with Crippen LogP contribution in [0, 0.1) is 0 Å². The van der Waals surface area contributed by atoms with Gasteiger partial charge in [0.2, 0.25) is 0 Å². The summed E-state index contributed by atoms with van der Waals surface area (Å²) >= 11 is 11.2. The van der Waals surface area contributed by atoms with Gasteiger partial charge in [-0.05, 0) is 18.2 Å². The summed E-state index contributed by atoms with van der Waals surface area (Å²) in [5.74, 6) is -0.822. The standard InChI is InChI=1S/C7H4Cl2NO/c8-4-1-2-6(9)5(3-4)7(10)11/h1-3,10H. The van der Waals surface area contributed by atoms with E-state index in [0.29, 0.717) is 5.02 Å². The third kappa shape index (κ3) is 1.85. The van der Waals surface area contributed by atoms with E-state index in [1.165, 1.54) is 12.1 Å². The maximum Gasteiger partial charge on any atom is 0.271 e. The summed E-state index contributed by atoms with van der Waals surface area (Å²) in [6.45, 7) is 0. The van der Waals surface area contributed by atoms with E-state index in [1.54, 1.807) is 6.07 Å². The van der Waals surface area contributed by atoms with Gasteiger partial charge >= 0.3 is 0 Å². The number of rotatable bonds is 1. The van der Waals surface area contributed by atoms with Crippen molar-refractivity contribution in [2.24, 2.45) is 0 Å². The summed E-state index contributed by atoms with van der Waals surface area (Å²) in [6.07, 6.45) is 0. The highest BCUT2D eigenvalue weighted by atomic mass is 35.5. The maximum atomic E-state index is 10.5. The van der Waals surface area contributed by atoms with Crippen molar-refractivity contribution in [3.63, 3.8) is 0 Å². The molecule has 1 radical (unpaired) electrons. The summed E-state index contributed by atoms with van der Waals surface area (Å²) in [4.78, 5) is 10.5. The summed E-state index contributed by atoms with van der Waals surface area (Å²) in [7, 11) is 0. The van der Waals surface area contributed by atoms with Crippen LogP contribution in [0.25, 0.3) is 0 Å². The number of carbonyl (C=O) groups is 1. The third-order valence-corrected chi connectivity index (χ3v) is 1.74. The maximum absolute atomic E-state index is 10.5. The summed E-state index contributed by atoms with van der Waals surface area (Å²) in [5.41, 5.74) is 6.91. The van der Waals surface area contributed by atoms with Gasteiger partial charge in [-0.1, -0.05) is 23.2 Å². The van der Waals surface area contributed by atoms with Crippen LogP contribution < -0.4 is 5.73 Å². The zero-order valence-corrected chi connectivity index (χ0v) is 6.91. The normalized spacial score (nSPS) is 9.64. The minimum Gasteiger partial charge on any atom is -0.267 e. The van der Waals surface area contributed by atoms with Crippen LogP contribution in [0.3, 0.4) is 0 Å². The van der Waals surface area contributed by atoms with Gasteiger partial charge in [0.1, 0.15) is 0 Å². The molecule has 57 valence electrons. The number of amides is 1. The van der Waals surface area contributed by atoms with Crippen molar-refractivity contribution < 1.29 is 4.79 Å². The Morgan fingerprint density at radius 3 is 2.45 bits per heavy atom. The van der Waals surface area contributed by atoms with Gasteiger partial charge < -0.3 is 0 Å². The zero-order valence-electron chi connectivity index (χ0n) is 5.40. The Kier molecular flexibility index (Phi) is 2.37. The molecule has 0 saturated heterocycles. The molecular formula is C7H4Cl2NO. The smallest absolute Gasteiger partial charge is 0.267 e. The van der Waals surface area contributed by atoms with Crippen molar-refractivity contribution in [1.29, 1.82) is 0 Å². The molecule has 1 rings (SSSR count).